The van der Waals surface area contributed by atoms with E-state index >= 15 is 0 Å². The number of hydrogen-bond donors (Lipinski definition) is 0. The van der Waals surface area contributed by atoms with Gasteiger partial charge in [-0.1, -0.05) is 92.2 Å². The van der Waals surface area contributed by atoms with Crippen molar-refractivity contribution in [2.24, 2.45) is 23.2 Å². The van der Waals surface area contributed by atoms with Gasteiger partial charge in [0.15, 0.2) is 0 Å². The van der Waals surface area contributed by atoms with Gasteiger partial charge in [0, 0.05) is 54.1 Å². The summed E-state index contributed by atoms with van der Waals surface area (Å²) in [5, 5.41) is 0.314. The van der Waals surface area contributed by atoms with Gasteiger partial charge in [-0.05, 0) is 156 Å². The molecule has 0 spiro atoms. The van der Waals surface area contributed by atoms with Gasteiger partial charge in [-0.2, -0.15) is 0 Å². The van der Waals surface area contributed by atoms with E-state index in [1.54, 1.807) is 12.2 Å². The Balaban J connectivity index is 1.52. The molecule has 334 valence electrons. The number of hydrogen-bond acceptors (Lipinski definition) is 5. The molecule has 0 aliphatic carbocycles. The molecular weight excluding hydrogens is 1040 g/mol. The molecule has 0 saturated heterocycles. The number of rotatable bonds is 22. The van der Waals surface area contributed by atoms with Crippen LogP contribution in [0.4, 0.5) is 0 Å². The Hall–Kier alpha value is -2.47. The van der Waals surface area contributed by atoms with Crippen molar-refractivity contribution < 1.29 is 18.6 Å². The molecule has 1 aliphatic rings. The average Bonchev–Trinajstić information content (AvgIpc) is 3.25. The lowest BCUT2D eigenvalue weighted by molar-refractivity contribution is 0.0343. The number of halogens is 4. The molecule has 3 unspecified atom stereocenters. The lowest BCUT2D eigenvalue weighted by Crippen LogP contribution is -2.64. The molecule has 10 heteroatoms. The molecule has 6 nitrogen and oxygen atoms in total. The fourth-order valence-electron chi connectivity index (χ4n) is 7.55. The standard InChI is InChI=1S/C52H63Br4O6/c1-9-13-15-33(11-3)29-59-31-51(5,6)47-25-35(23-45(61-47)37-17-19-41(53)43(55)27-37)21-39-49(57)40(50(39)58)22-36-24-46(38-18-20-42(54)44(56)28-38)62-48(26-36)52(7,8)32-60-30-34(12-4)16-14-10-2/h17-28,33-35H,9-16,29-32H2,1-8H3/q+1. The van der Waals surface area contributed by atoms with Crippen molar-refractivity contribution in [2.75, 3.05) is 26.4 Å². The maximum atomic E-state index is 14.0. The summed E-state index contributed by atoms with van der Waals surface area (Å²) in [6.07, 6.45) is 16.6. The third-order valence-corrected chi connectivity index (χ3v) is 15.6. The molecule has 1 aromatic heterocycles. The van der Waals surface area contributed by atoms with Gasteiger partial charge in [0.05, 0.1) is 35.3 Å². The minimum absolute atomic E-state index is 0.145. The number of allylic oxidation sites excluding steroid dienone is 2. The second-order valence-corrected chi connectivity index (χ2v) is 21.5. The van der Waals surface area contributed by atoms with Gasteiger partial charge < -0.3 is 14.2 Å². The first kappa shape index (κ1) is 50.5. The molecule has 1 aliphatic heterocycles. The molecule has 3 aromatic carbocycles. The quantitative estimate of drug-likeness (QED) is 0.0730. The van der Waals surface area contributed by atoms with Crippen molar-refractivity contribution in [3.8, 4) is 11.3 Å². The minimum atomic E-state index is -0.495. The van der Waals surface area contributed by atoms with Gasteiger partial charge >= 0.3 is 11.5 Å². The molecule has 0 saturated carbocycles. The molecule has 0 bridgehead atoms. The molecule has 4 aromatic rings. The summed E-state index contributed by atoms with van der Waals surface area (Å²) < 4.78 is 29.6. The van der Waals surface area contributed by atoms with Crippen LogP contribution < -0.4 is 21.3 Å². The largest absolute Gasteiger partial charge is 0.461 e. The van der Waals surface area contributed by atoms with Gasteiger partial charge in [-0.3, -0.25) is 9.59 Å². The van der Waals surface area contributed by atoms with E-state index in [0.29, 0.717) is 61.1 Å². The highest BCUT2D eigenvalue weighted by Crippen LogP contribution is 2.39. The van der Waals surface area contributed by atoms with Gasteiger partial charge in [-0.15, -0.1) is 0 Å². The topological polar surface area (TPSA) is 73.1 Å². The molecule has 0 amide bonds. The van der Waals surface area contributed by atoms with Crippen LogP contribution in [-0.4, -0.2) is 26.4 Å². The maximum Gasteiger partial charge on any atom is 0.360 e. The van der Waals surface area contributed by atoms with Gasteiger partial charge in [0.1, 0.15) is 16.9 Å². The molecule has 0 radical (unpaired) electrons. The van der Waals surface area contributed by atoms with E-state index in [-0.39, 0.29) is 27.2 Å². The monoisotopic (exact) mass is 1100 g/mol. The van der Waals surface area contributed by atoms with Crippen LogP contribution in [-0.2, 0) is 19.6 Å². The van der Waals surface area contributed by atoms with E-state index in [1.165, 1.54) is 25.7 Å². The molecule has 5 rings (SSSR count). The van der Waals surface area contributed by atoms with Crippen molar-refractivity contribution in [1.29, 1.82) is 0 Å². The van der Waals surface area contributed by atoms with Crippen molar-refractivity contribution in [1.82, 2.24) is 0 Å². The van der Waals surface area contributed by atoms with Gasteiger partial charge in [0.25, 0.3) is 0 Å². The summed E-state index contributed by atoms with van der Waals surface area (Å²) in [4.78, 5) is 28.0. The predicted octanol–water partition coefficient (Wildman–Crippen LogP) is 13.8. The molecule has 2 heterocycles. The highest BCUT2D eigenvalue weighted by molar-refractivity contribution is 9.13. The van der Waals surface area contributed by atoms with Crippen LogP contribution >= 0.6 is 63.7 Å². The third-order valence-electron chi connectivity index (χ3n) is 11.8. The van der Waals surface area contributed by atoms with Crippen molar-refractivity contribution >= 4 is 81.6 Å². The van der Waals surface area contributed by atoms with Crippen LogP contribution in [0.15, 0.2) is 98.3 Å². The smallest absolute Gasteiger partial charge is 0.360 e. The van der Waals surface area contributed by atoms with Crippen LogP contribution in [0.2, 0.25) is 0 Å². The average molecular weight is 1100 g/mol. The Morgan fingerprint density at radius 1 is 0.694 bits per heavy atom. The number of unbranched alkanes of at least 4 members (excludes halogenated alkanes) is 2. The number of ether oxygens (including phenoxy) is 3. The minimum Gasteiger partial charge on any atom is -0.461 e. The Kier molecular flexibility index (Phi) is 18.8. The first-order valence-corrected chi connectivity index (χ1v) is 25.4. The van der Waals surface area contributed by atoms with Crippen molar-refractivity contribution in [3.63, 3.8) is 0 Å². The van der Waals surface area contributed by atoms with Crippen LogP contribution in [0.3, 0.4) is 0 Å². The normalized spacial score (nSPS) is 15.5. The summed E-state index contributed by atoms with van der Waals surface area (Å²) in [5.41, 5.74) is 0.892. The van der Waals surface area contributed by atoms with Gasteiger partial charge in [0.2, 0.25) is 10.9 Å². The van der Waals surface area contributed by atoms with E-state index in [0.717, 1.165) is 60.5 Å². The van der Waals surface area contributed by atoms with E-state index in [2.05, 4.69) is 119 Å². The zero-order chi connectivity index (χ0) is 45.2. The first-order valence-electron chi connectivity index (χ1n) is 22.2. The van der Waals surface area contributed by atoms with Crippen molar-refractivity contribution in [3.05, 3.63) is 132 Å². The van der Waals surface area contributed by atoms with E-state index in [4.69, 9.17) is 18.6 Å². The van der Waals surface area contributed by atoms with Crippen LogP contribution in [0, 0.1) is 23.2 Å². The Morgan fingerprint density at radius 2 is 1.24 bits per heavy atom. The Bertz CT molecular complexity index is 2390. The van der Waals surface area contributed by atoms with E-state index in [9.17, 15) is 9.59 Å². The second kappa shape index (κ2) is 23.1. The summed E-state index contributed by atoms with van der Waals surface area (Å²) >= 11 is 14.4. The van der Waals surface area contributed by atoms with Crippen LogP contribution in [0.25, 0.3) is 29.2 Å². The SMILES string of the molecule is CCCCC(CC)COCC(C)(C)C1=CC(C=c2c(=O)c(=Cc3cc(-c4ccc(Br)c(Br)c4)[o+]c(C(C)(C)COCC(CC)CCCC)c3)c2=O)C=C(c2ccc(Br)c(Br)c2)O1. The molecule has 3 atom stereocenters. The molecule has 0 N–H and O–H groups in total. The first-order chi connectivity index (χ1) is 29.5. The summed E-state index contributed by atoms with van der Waals surface area (Å²) in [6.45, 7) is 19.6. The van der Waals surface area contributed by atoms with Crippen LogP contribution in [0.5, 0.6) is 0 Å². The Morgan fingerprint density at radius 3 is 1.79 bits per heavy atom. The Labute approximate surface area is 402 Å². The zero-order valence-electron chi connectivity index (χ0n) is 37.6. The maximum absolute atomic E-state index is 14.0. The highest BCUT2D eigenvalue weighted by atomic mass is 79.9. The molecule has 62 heavy (non-hydrogen) atoms. The summed E-state index contributed by atoms with van der Waals surface area (Å²) in [5.74, 6) is 3.37. The fourth-order valence-corrected chi connectivity index (χ4v) is 8.81. The van der Waals surface area contributed by atoms with E-state index < -0.39 is 10.8 Å². The second-order valence-electron chi connectivity index (χ2n) is 18.0. The number of benzene rings is 2. The third kappa shape index (κ3) is 13.3. The van der Waals surface area contributed by atoms with E-state index in [1.807, 2.05) is 60.7 Å². The predicted molar refractivity (Wildman–Crippen MR) is 270 cm³/mol. The molecule has 0 fully saturated rings. The fraction of sp³-hybridized carbons (Fsp3) is 0.481. The van der Waals surface area contributed by atoms with Crippen LogP contribution in [0.1, 0.15) is 124 Å². The zero-order valence-corrected chi connectivity index (χ0v) is 44.0. The van der Waals surface area contributed by atoms with Crippen molar-refractivity contribution in [2.45, 2.75) is 112 Å². The summed E-state index contributed by atoms with van der Waals surface area (Å²) in [6, 6.07) is 15.7. The summed E-state index contributed by atoms with van der Waals surface area (Å²) in [7, 11) is 0. The van der Waals surface area contributed by atoms with Gasteiger partial charge in [-0.25, -0.2) is 4.42 Å². The lowest BCUT2D eigenvalue weighted by atomic mass is 9.87. The highest BCUT2D eigenvalue weighted by Gasteiger charge is 2.35. The molecular formula is C52H63Br4O6+. The lowest BCUT2D eigenvalue weighted by Gasteiger charge is -2.32.